The van der Waals surface area contributed by atoms with Crippen molar-refractivity contribution in [2.45, 2.75) is 19.9 Å². The van der Waals surface area contributed by atoms with Crippen molar-refractivity contribution in [3.63, 3.8) is 0 Å². The Balaban J connectivity index is 2.59. The Hall–Kier alpha value is -1.10. The number of benzene rings is 1. The predicted molar refractivity (Wildman–Crippen MR) is 77.6 cm³/mol. The van der Waals surface area contributed by atoms with Crippen molar-refractivity contribution >= 4 is 17.6 Å². The van der Waals surface area contributed by atoms with Crippen LogP contribution in [0.15, 0.2) is 24.3 Å². The molecule has 5 heteroatoms. The summed E-state index contributed by atoms with van der Waals surface area (Å²) in [6, 6.07) is 6.21. The van der Waals surface area contributed by atoms with Crippen LogP contribution in [0.25, 0.3) is 0 Å². The largest absolute Gasteiger partial charge is 0.480 e. The number of aliphatic carboxylic acids is 1. The smallest absolute Gasteiger partial charge is 0.325 e. The number of nitrogens with zero attached hydrogens (tertiary/aromatic N) is 1. The van der Waals surface area contributed by atoms with Crippen molar-refractivity contribution < 1.29 is 9.90 Å². The highest BCUT2D eigenvalue weighted by atomic mass is 35.5. The van der Waals surface area contributed by atoms with Gasteiger partial charge >= 0.3 is 5.97 Å². The van der Waals surface area contributed by atoms with Gasteiger partial charge in [-0.1, -0.05) is 37.6 Å². The van der Waals surface area contributed by atoms with Crippen LogP contribution in [0, 0.1) is 0 Å². The van der Waals surface area contributed by atoms with Crippen LogP contribution in [0.4, 0.5) is 0 Å². The lowest BCUT2D eigenvalue weighted by atomic mass is 10.1. The van der Waals surface area contributed by atoms with Crippen LogP contribution in [0.2, 0.25) is 5.02 Å². The Kier molecular flexibility index (Phi) is 6.84. The SMILES string of the molecule is CCN(CC)CCNC(C(=O)O)c1ccc(Cl)cc1. The molecule has 0 saturated heterocycles. The van der Waals surface area contributed by atoms with Crippen LogP contribution in [0.5, 0.6) is 0 Å². The molecule has 0 aromatic heterocycles. The number of hydrogen-bond acceptors (Lipinski definition) is 3. The van der Waals surface area contributed by atoms with E-state index in [-0.39, 0.29) is 0 Å². The van der Waals surface area contributed by atoms with E-state index in [9.17, 15) is 9.90 Å². The van der Waals surface area contributed by atoms with Gasteiger partial charge in [0, 0.05) is 18.1 Å². The van der Waals surface area contributed by atoms with Crippen LogP contribution in [-0.2, 0) is 4.79 Å². The van der Waals surface area contributed by atoms with Crippen LogP contribution in [-0.4, -0.2) is 42.2 Å². The van der Waals surface area contributed by atoms with Gasteiger partial charge in [-0.05, 0) is 30.8 Å². The van der Waals surface area contributed by atoms with E-state index in [2.05, 4.69) is 24.1 Å². The molecule has 1 rings (SSSR count). The van der Waals surface area contributed by atoms with E-state index in [4.69, 9.17) is 11.6 Å². The molecular weight excluding hydrogens is 264 g/mol. The maximum atomic E-state index is 11.3. The van der Waals surface area contributed by atoms with E-state index in [0.717, 1.165) is 25.2 Å². The van der Waals surface area contributed by atoms with Crippen molar-refractivity contribution in [1.29, 1.82) is 0 Å². The molecule has 1 aromatic carbocycles. The van der Waals surface area contributed by atoms with E-state index in [1.807, 2.05) is 0 Å². The van der Waals surface area contributed by atoms with E-state index in [0.29, 0.717) is 11.6 Å². The minimum atomic E-state index is -0.873. The number of hydrogen-bond donors (Lipinski definition) is 2. The quantitative estimate of drug-likeness (QED) is 0.770. The lowest BCUT2D eigenvalue weighted by molar-refractivity contribution is -0.139. The molecule has 0 heterocycles. The molecule has 106 valence electrons. The molecule has 0 radical (unpaired) electrons. The molecule has 19 heavy (non-hydrogen) atoms. The summed E-state index contributed by atoms with van der Waals surface area (Å²) in [6.07, 6.45) is 0. The Labute approximate surface area is 119 Å². The lowest BCUT2D eigenvalue weighted by Crippen LogP contribution is -2.36. The molecule has 0 aliphatic rings. The van der Waals surface area contributed by atoms with Gasteiger partial charge in [-0.3, -0.25) is 10.1 Å². The fraction of sp³-hybridized carbons (Fsp3) is 0.500. The highest BCUT2D eigenvalue weighted by molar-refractivity contribution is 6.30. The minimum absolute atomic E-state index is 0.607. The van der Waals surface area contributed by atoms with Crippen LogP contribution in [0.3, 0.4) is 0 Å². The number of carboxylic acids is 1. The zero-order valence-corrected chi connectivity index (χ0v) is 12.2. The van der Waals surface area contributed by atoms with Crippen LogP contribution >= 0.6 is 11.6 Å². The van der Waals surface area contributed by atoms with Crippen molar-refractivity contribution in [3.05, 3.63) is 34.9 Å². The molecule has 0 aliphatic carbocycles. The first-order chi connectivity index (χ1) is 9.08. The molecule has 0 aliphatic heterocycles. The lowest BCUT2D eigenvalue weighted by Gasteiger charge is -2.20. The number of rotatable bonds is 8. The molecule has 1 aromatic rings. The zero-order valence-electron chi connectivity index (χ0n) is 11.4. The normalized spacial score (nSPS) is 12.6. The third-order valence-corrected chi connectivity index (χ3v) is 3.37. The molecule has 2 N–H and O–H groups in total. The summed E-state index contributed by atoms with van der Waals surface area (Å²) < 4.78 is 0. The molecule has 0 amide bonds. The Morgan fingerprint density at radius 2 is 1.89 bits per heavy atom. The van der Waals surface area contributed by atoms with Gasteiger partial charge in [0.1, 0.15) is 6.04 Å². The fourth-order valence-corrected chi connectivity index (χ4v) is 2.04. The first-order valence-electron chi connectivity index (χ1n) is 6.52. The van der Waals surface area contributed by atoms with Crippen molar-refractivity contribution in [1.82, 2.24) is 10.2 Å². The fourth-order valence-electron chi connectivity index (χ4n) is 1.91. The van der Waals surface area contributed by atoms with Crippen molar-refractivity contribution in [2.24, 2.45) is 0 Å². The van der Waals surface area contributed by atoms with Crippen molar-refractivity contribution in [3.8, 4) is 0 Å². The standard InChI is InChI=1S/C14H21ClN2O2/c1-3-17(4-2)10-9-16-13(14(18)19)11-5-7-12(15)8-6-11/h5-8,13,16H,3-4,9-10H2,1-2H3,(H,18,19). The first kappa shape index (κ1) is 16.0. The highest BCUT2D eigenvalue weighted by Crippen LogP contribution is 2.16. The van der Waals surface area contributed by atoms with E-state index >= 15 is 0 Å². The second kappa shape index (κ2) is 8.15. The van der Waals surface area contributed by atoms with E-state index < -0.39 is 12.0 Å². The maximum absolute atomic E-state index is 11.3. The predicted octanol–water partition coefficient (Wildman–Crippen LogP) is 2.40. The minimum Gasteiger partial charge on any atom is -0.480 e. The molecule has 0 fully saturated rings. The number of halogens is 1. The molecular formula is C14H21ClN2O2. The molecule has 4 nitrogen and oxygen atoms in total. The number of carbonyl (C=O) groups is 1. The maximum Gasteiger partial charge on any atom is 0.325 e. The molecule has 1 atom stereocenters. The molecule has 0 spiro atoms. The van der Waals surface area contributed by atoms with Gasteiger partial charge in [0.05, 0.1) is 0 Å². The summed E-state index contributed by atoms with van der Waals surface area (Å²) in [6.45, 7) is 7.61. The third kappa shape index (κ3) is 5.19. The van der Waals surface area contributed by atoms with Crippen LogP contribution < -0.4 is 5.32 Å². The summed E-state index contributed by atoms with van der Waals surface area (Å²) in [5, 5.41) is 12.9. The average molecular weight is 285 g/mol. The van der Waals surface area contributed by atoms with Gasteiger partial charge in [0.15, 0.2) is 0 Å². The number of likely N-dealkylation sites (N-methyl/N-ethyl adjacent to an activating group) is 1. The number of carboxylic acid groups (broad SMARTS) is 1. The summed E-state index contributed by atoms with van der Waals surface area (Å²) in [7, 11) is 0. The molecule has 0 bridgehead atoms. The first-order valence-corrected chi connectivity index (χ1v) is 6.90. The van der Waals surface area contributed by atoms with Gasteiger partial charge in [0.2, 0.25) is 0 Å². The topological polar surface area (TPSA) is 52.6 Å². The van der Waals surface area contributed by atoms with Crippen molar-refractivity contribution in [2.75, 3.05) is 26.2 Å². The summed E-state index contributed by atoms with van der Waals surface area (Å²) in [5.41, 5.74) is 0.719. The summed E-state index contributed by atoms with van der Waals surface area (Å²) >= 11 is 5.80. The van der Waals surface area contributed by atoms with Gasteiger partial charge in [0.25, 0.3) is 0 Å². The zero-order chi connectivity index (χ0) is 14.3. The Morgan fingerprint density at radius 3 is 2.37 bits per heavy atom. The Bertz CT molecular complexity index is 391. The molecule has 0 saturated carbocycles. The summed E-state index contributed by atoms with van der Waals surface area (Å²) in [4.78, 5) is 13.5. The Morgan fingerprint density at radius 1 is 1.32 bits per heavy atom. The second-order valence-corrected chi connectivity index (χ2v) is 4.74. The van der Waals surface area contributed by atoms with E-state index in [1.54, 1.807) is 24.3 Å². The van der Waals surface area contributed by atoms with Gasteiger partial charge < -0.3 is 10.0 Å². The number of nitrogens with one attached hydrogen (secondary N) is 1. The third-order valence-electron chi connectivity index (χ3n) is 3.12. The monoisotopic (exact) mass is 284 g/mol. The average Bonchev–Trinajstić information content (AvgIpc) is 2.40. The van der Waals surface area contributed by atoms with Gasteiger partial charge in [-0.2, -0.15) is 0 Å². The second-order valence-electron chi connectivity index (χ2n) is 4.30. The van der Waals surface area contributed by atoms with Gasteiger partial charge in [-0.25, -0.2) is 0 Å². The van der Waals surface area contributed by atoms with Gasteiger partial charge in [-0.15, -0.1) is 0 Å². The summed E-state index contributed by atoms with van der Waals surface area (Å²) in [5.74, 6) is -0.873. The highest BCUT2D eigenvalue weighted by Gasteiger charge is 2.18. The van der Waals surface area contributed by atoms with E-state index in [1.165, 1.54) is 0 Å². The van der Waals surface area contributed by atoms with Crippen LogP contribution in [0.1, 0.15) is 25.5 Å². The molecule has 1 unspecified atom stereocenters.